The minimum absolute atomic E-state index is 0.135. The fourth-order valence-corrected chi connectivity index (χ4v) is 3.43. The third-order valence-electron chi connectivity index (χ3n) is 3.80. The van der Waals surface area contributed by atoms with Gasteiger partial charge in [0.25, 0.3) is 5.91 Å². The van der Waals surface area contributed by atoms with Crippen LogP contribution in [0.2, 0.25) is 0 Å². The summed E-state index contributed by atoms with van der Waals surface area (Å²) in [5.74, 6) is 0.135. The van der Waals surface area contributed by atoms with Crippen LogP contribution in [-0.2, 0) is 0 Å². The topological polar surface area (TPSA) is 61.6 Å². The van der Waals surface area contributed by atoms with Crippen LogP contribution in [0.4, 0.5) is 11.4 Å². The van der Waals surface area contributed by atoms with Crippen LogP contribution in [0, 0.1) is 0 Å². The van der Waals surface area contributed by atoms with E-state index in [2.05, 4.69) is 10.2 Å². The molecule has 2 heterocycles. The molecule has 0 aliphatic carbocycles. The van der Waals surface area contributed by atoms with E-state index in [0.29, 0.717) is 0 Å². The maximum atomic E-state index is 12.3. The van der Waals surface area contributed by atoms with E-state index in [-0.39, 0.29) is 11.0 Å². The Bertz CT molecular complexity index is 677. The number of benzene rings is 1. The molecule has 0 spiro atoms. The predicted octanol–water partition coefficient (Wildman–Crippen LogP) is 2.37. The number of nitrogens with zero attached hydrogens (tertiary/aromatic N) is 2. The van der Waals surface area contributed by atoms with Crippen molar-refractivity contribution in [3.05, 3.63) is 46.7 Å². The lowest BCUT2D eigenvalue weighted by Gasteiger charge is -2.36. The number of thiocarbonyl (C=S) groups is 1. The molecular weight excluding hydrogens is 328 g/mol. The highest BCUT2D eigenvalue weighted by atomic mass is 32.1. The molecule has 1 amide bonds. The first-order chi connectivity index (χ1) is 11.1. The molecule has 0 bridgehead atoms. The number of carbonyl (C=O) groups excluding carboxylic acids is 1. The Labute approximate surface area is 144 Å². The van der Waals surface area contributed by atoms with Crippen molar-refractivity contribution in [2.75, 3.05) is 36.4 Å². The zero-order valence-electron chi connectivity index (χ0n) is 12.6. The molecule has 0 unspecified atom stereocenters. The summed E-state index contributed by atoms with van der Waals surface area (Å²) in [5, 5.41) is 5.11. The van der Waals surface area contributed by atoms with E-state index in [1.54, 1.807) is 0 Å². The van der Waals surface area contributed by atoms with Gasteiger partial charge in [0.1, 0.15) is 0 Å². The van der Waals surface area contributed by atoms with Crippen molar-refractivity contribution in [2.45, 2.75) is 0 Å². The van der Waals surface area contributed by atoms with Gasteiger partial charge in [-0.15, -0.1) is 11.3 Å². The molecule has 1 aliphatic rings. The molecular formula is C16H18N4OS2. The van der Waals surface area contributed by atoms with Gasteiger partial charge in [-0.25, -0.2) is 0 Å². The number of carbonyl (C=O) groups is 1. The van der Waals surface area contributed by atoms with Gasteiger partial charge < -0.3 is 20.9 Å². The third-order valence-corrected chi connectivity index (χ3v) is 4.76. The molecule has 120 valence electrons. The fourth-order valence-electron chi connectivity index (χ4n) is 2.62. The summed E-state index contributed by atoms with van der Waals surface area (Å²) in [5.41, 5.74) is 7.49. The molecule has 0 radical (unpaired) electrons. The predicted molar refractivity (Wildman–Crippen MR) is 99.3 cm³/mol. The van der Waals surface area contributed by atoms with Crippen LogP contribution in [0.25, 0.3) is 0 Å². The van der Waals surface area contributed by atoms with Crippen LogP contribution in [0.1, 0.15) is 9.67 Å². The zero-order chi connectivity index (χ0) is 16.2. The van der Waals surface area contributed by atoms with Crippen LogP contribution in [0.15, 0.2) is 41.8 Å². The van der Waals surface area contributed by atoms with Crippen molar-refractivity contribution in [3.8, 4) is 0 Å². The molecule has 3 N–H and O–H groups in total. The van der Waals surface area contributed by atoms with E-state index in [1.807, 2.05) is 46.7 Å². The van der Waals surface area contributed by atoms with Crippen molar-refractivity contribution in [3.63, 3.8) is 0 Å². The number of anilines is 2. The summed E-state index contributed by atoms with van der Waals surface area (Å²) >= 11 is 6.32. The molecule has 2 aromatic rings. The largest absolute Gasteiger partial charge is 0.376 e. The van der Waals surface area contributed by atoms with Gasteiger partial charge in [0.2, 0.25) is 0 Å². The number of hydrogen-bond donors (Lipinski definition) is 2. The van der Waals surface area contributed by atoms with Crippen LogP contribution < -0.4 is 16.0 Å². The molecule has 1 saturated heterocycles. The smallest absolute Gasteiger partial charge is 0.264 e. The Morgan fingerprint density at radius 1 is 1.13 bits per heavy atom. The molecule has 1 fully saturated rings. The highest BCUT2D eigenvalue weighted by molar-refractivity contribution is 7.80. The summed E-state index contributed by atoms with van der Waals surface area (Å²) in [6.07, 6.45) is 0. The average molecular weight is 346 g/mol. The van der Waals surface area contributed by atoms with Gasteiger partial charge in [0.05, 0.1) is 4.88 Å². The number of amides is 1. The van der Waals surface area contributed by atoms with E-state index in [9.17, 15) is 4.79 Å². The zero-order valence-corrected chi connectivity index (χ0v) is 14.2. The van der Waals surface area contributed by atoms with Crippen LogP contribution in [-0.4, -0.2) is 42.1 Å². The molecule has 1 aromatic carbocycles. The molecule has 3 rings (SSSR count). The first kappa shape index (κ1) is 15.8. The third kappa shape index (κ3) is 3.80. The van der Waals surface area contributed by atoms with Crippen molar-refractivity contribution >= 4 is 45.9 Å². The Morgan fingerprint density at radius 3 is 2.39 bits per heavy atom. The van der Waals surface area contributed by atoms with Gasteiger partial charge in [0, 0.05) is 37.6 Å². The molecule has 7 heteroatoms. The van der Waals surface area contributed by atoms with Crippen LogP contribution >= 0.6 is 23.6 Å². The van der Waals surface area contributed by atoms with Crippen LogP contribution in [0.3, 0.4) is 0 Å². The summed E-state index contributed by atoms with van der Waals surface area (Å²) in [7, 11) is 0. The maximum Gasteiger partial charge on any atom is 0.264 e. The Balaban J connectivity index is 1.58. The summed E-state index contributed by atoms with van der Waals surface area (Å²) in [4.78, 5) is 17.4. The standard InChI is InChI=1S/C16H18N4OS2/c17-16(22)18-12-3-5-13(6-4-12)19-7-9-20(10-8-19)15(21)14-2-1-11-23-14/h1-6,11H,7-10H2,(H3,17,18,22). The number of nitrogens with two attached hydrogens (primary N) is 1. The van der Waals surface area contributed by atoms with E-state index in [4.69, 9.17) is 18.0 Å². The SMILES string of the molecule is NC(=S)Nc1ccc(N2CCN(C(=O)c3cccs3)CC2)cc1. The van der Waals surface area contributed by atoms with Gasteiger partial charge in [-0.3, -0.25) is 4.79 Å². The Hall–Kier alpha value is -2.12. The number of nitrogens with one attached hydrogen (secondary N) is 1. The second-order valence-electron chi connectivity index (χ2n) is 5.29. The molecule has 0 atom stereocenters. The minimum atomic E-state index is 0.135. The summed E-state index contributed by atoms with van der Waals surface area (Å²) < 4.78 is 0. The van der Waals surface area contributed by atoms with E-state index >= 15 is 0 Å². The van der Waals surface area contributed by atoms with Crippen molar-refractivity contribution < 1.29 is 4.79 Å². The maximum absolute atomic E-state index is 12.3. The first-order valence-corrected chi connectivity index (χ1v) is 8.66. The number of piperazine rings is 1. The van der Waals surface area contributed by atoms with Gasteiger partial charge in [-0.05, 0) is 47.9 Å². The molecule has 5 nitrogen and oxygen atoms in total. The van der Waals surface area contributed by atoms with Crippen LogP contribution in [0.5, 0.6) is 0 Å². The fraction of sp³-hybridized carbons (Fsp3) is 0.250. The molecule has 23 heavy (non-hydrogen) atoms. The second kappa shape index (κ2) is 6.97. The van der Waals surface area contributed by atoms with Crippen molar-refractivity contribution in [2.24, 2.45) is 5.73 Å². The molecule has 1 aromatic heterocycles. The monoisotopic (exact) mass is 346 g/mol. The van der Waals surface area contributed by atoms with Crippen molar-refractivity contribution in [1.82, 2.24) is 4.90 Å². The Morgan fingerprint density at radius 2 is 1.83 bits per heavy atom. The highest BCUT2D eigenvalue weighted by Crippen LogP contribution is 2.20. The van der Waals surface area contributed by atoms with E-state index in [1.165, 1.54) is 11.3 Å². The average Bonchev–Trinajstić information content (AvgIpc) is 3.09. The van der Waals surface area contributed by atoms with Gasteiger partial charge >= 0.3 is 0 Å². The summed E-state index contributed by atoms with van der Waals surface area (Å²) in [6, 6.07) is 11.8. The normalized spacial score (nSPS) is 14.6. The van der Waals surface area contributed by atoms with Gasteiger partial charge in [0.15, 0.2) is 5.11 Å². The molecule has 0 saturated carbocycles. The molecule has 1 aliphatic heterocycles. The Kier molecular flexibility index (Phi) is 4.78. The lowest BCUT2D eigenvalue weighted by molar-refractivity contribution is 0.0751. The van der Waals surface area contributed by atoms with E-state index in [0.717, 1.165) is 42.4 Å². The minimum Gasteiger partial charge on any atom is -0.376 e. The number of rotatable bonds is 3. The first-order valence-electron chi connectivity index (χ1n) is 7.38. The highest BCUT2D eigenvalue weighted by Gasteiger charge is 2.22. The van der Waals surface area contributed by atoms with Gasteiger partial charge in [-0.1, -0.05) is 6.07 Å². The lowest BCUT2D eigenvalue weighted by Crippen LogP contribution is -2.48. The number of hydrogen-bond acceptors (Lipinski definition) is 4. The quantitative estimate of drug-likeness (QED) is 0.836. The van der Waals surface area contributed by atoms with Gasteiger partial charge in [-0.2, -0.15) is 0 Å². The number of thiophene rings is 1. The summed E-state index contributed by atoms with van der Waals surface area (Å²) in [6.45, 7) is 3.14. The van der Waals surface area contributed by atoms with E-state index < -0.39 is 0 Å². The second-order valence-corrected chi connectivity index (χ2v) is 6.68. The van der Waals surface area contributed by atoms with Crippen molar-refractivity contribution in [1.29, 1.82) is 0 Å². The lowest BCUT2D eigenvalue weighted by atomic mass is 10.2.